The van der Waals surface area contributed by atoms with E-state index in [1.165, 1.54) is 12.1 Å². The number of rotatable bonds is 1. The minimum absolute atomic E-state index is 0.146. The first kappa shape index (κ1) is 12.2. The van der Waals surface area contributed by atoms with Crippen LogP contribution >= 0.6 is 11.8 Å². The van der Waals surface area contributed by atoms with E-state index in [9.17, 15) is 9.18 Å². The fourth-order valence-corrected chi connectivity index (χ4v) is 3.15. The van der Waals surface area contributed by atoms with Gasteiger partial charge in [-0.3, -0.25) is 4.79 Å². The summed E-state index contributed by atoms with van der Waals surface area (Å²) < 4.78 is 13.2. The molecule has 0 N–H and O–H groups in total. The molecule has 1 aliphatic heterocycles. The van der Waals surface area contributed by atoms with E-state index in [4.69, 9.17) is 0 Å². The SMILES string of the molecule is O=C(c1cccc(F)c1)N1CCSc2ccccc21. The Bertz CT molecular complexity index is 629. The molecule has 3 rings (SSSR count). The van der Waals surface area contributed by atoms with Gasteiger partial charge in [-0.05, 0) is 30.3 Å². The number of anilines is 1. The molecule has 0 saturated carbocycles. The van der Waals surface area contributed by atoms with Crippen LogP contribution in [0.2, 0.25) is 0 Å². The number of carbonyl (C=O) groups is 1. The lowest BCUT2D eigenvalue weighted by atomic mass is 10.1. The normalized spacial score (nSPS) is 14.1. The summed E-state index contributed by atoms with van der Waals surface area (Å²) in [6, 6.07) is 13.6. The van der Waals surface area contributed by atoms with E-state index in [1.54, 1.807) is 28.8 Å². The van der Waals surface area contributed by atoms with E-state index in [1.807, 2.05) is 24.3 Å². The van der Waals surface area contributed by atoms with Crippen LogP contribution in [0.5, 0.6) is 0 Å². The maximum Gasteiger partial charge on any atom is 0.258 e. The lowest BCUT2D eigenvalue weighted by Gasteiger charge is -2.29. The van der Waals surface area contributed by atoms with Gasteiger partial charge >= 0.3 is 0 Å². The molecular formula is C15H12FNOS. The first-order valence-corrected chi connectivity index (χ1v) is 7.03. The number of carbonyl (C=O) groups excluding carboxylic acids is 1. The molecular weight excluding hydrogens is 261 g/mol. The lowest BCUT2D eigenvalue weighted by Crippen LogP contribution is -2.35. The highest BCUT2D eigenvalue weighted by Gasteiger charge is 2.23. The Labute approximate surface area is 115 Å². The number of amides is 1. The van der Waals surface area contributed by atoms with E-state index in [0.29, 0.717) is 12.1 Å². The van der Waals surface area contributed by atoms with Gasteiger partial charge in [-0.15, -0.1) is 11.8 Å². The third-order valence-corrected chi connectivity index (χ3v) is 4.09. The summed E-state index contributed by atoms with van der Waals surface area (Å²) in [4.78, 5) is 15.3. The Morgan fingerprint density at radius 1 is 1.16 bits per heavy atom. The van der Waals surface area contributed by atoms with Crippen molar-refractivity contribution in [1.29, 1.82) is 0 Å². The second kappa shape index (κ2) is 5.05. The van der Waals surface area contributed by atoms with Crippen molar-refractivity contribution in [1.82, 2.24) is 0 Å². The molecule has 0 atom stereocenters. The second-order valence-corrected chi connectivity index (χ2v) is 5.42. The zero-order valence-electron chi connectivity index (χ0n) is 10.2. The van der Waals surface area contributed by atoms with Gasteiger partial charge in [0.05, 0.1) is 5.69 Å². The third kappa shape index (κ3) is 2.36. The van der Waals surface area contributed by atoms with Crippen molar-refractivity contribution < 1.29 is 9.18 Å². The fourth-order valence-electron chi connectivity index (χ4n) is 2.16. The van der Waals surface area contributed by atoms with Gasteiger partial charge in [0.2, 0.25) is 0 Å². The summed E-state index contributed by atoms with van der Waals surface area (Å²) in [6.07, 6.45) is 0. The number of nitrogens with zero attached hydrogens (tertiary/aromatic N) is 1. The van der Waals surface area contributed by atoms with Gasteiger partial charge in [-0.2, -0.15) is 0 Å². The Balaban J connectivity index is 1.98. The van der Waals surface area contributed by atoms with Crippen LogP contribution in [-0.4, -0.2) is 18.2 Å². The zero-order valence-corrected chi connectivity index (χ0v) is 11.0. The number of benzene rings is 2. The molecule has 0 aliphatic carbocycles. The summed E-state index contributed by atoms with van der Waals surface area (Å²) in [7, 11) is 0. The third-order valence-electron chi connectivity index (χ3n) is 3.05. The molecule has 4 heteroatoms. The summed E-state index contributed by atoms with van der Waals surface area (Å²) in [6.45, 7) is 0.650. The highest BCUT2D eigenvalue weighted by molar-refractivity contribution is 7.99. The number of para-hydroxylation sites is 1. The molecule has 1 amide bonds. The van der Waals surface area contributed by atoms with Crippen molar-refractivity contribution in [3.63, 3.8) is 0 Å². The molecule has 0 spiro atoms. The first-order chi connectivity index (χ1) is 9.25. The molecule has 2 aromatic rings. The number of thioether (sulfide) groups is 1. The van der Waals surface area contributed by atoms with Crippen molar-refractivity contribution in [3.8, 4) is 0 Å². The van der Waals surface area contributed by atoms with Crippen molar-refractivity contribution in [2.75, 3.05) is 17.2 Å². The topological polar surface area (TPSA) is 20.3 Å². The van der Waals surface area contributed by atoms with E-state index >= 15 is 0 Å². The standard InChI is InChI=1S/C15H12FNOS/c16-12-5-3-4-11(10-12)15(18)17-8-9-19-14-7-2-1-6-13(14)17/h1-7,10H,8-9H2. The van der Waals surface area contributed by atoms with Gasteiger partial charge in [-0.1, -0.05) is 18.2 Å². The first-order valence-electron chi connectivity index (χ1n) is 6.05. The van der Waals surface area contributed by atoms with Gasteiger partial charge < -0.3 is 4.90 Å². The zero-order chi connectivity index (χ0) is 13.2. The molecule has 0 fully saturated rings. The van der Waals surface area contributed by atoms with Crippen LogP contribution in [0, 0.1) is 5.82 Å². The lowest BCUT2D eigenvalue weighted by molar-refractivity contribution is 0.0987. The molecule has 2 aromatic carbocycles. The smallest absolute Gasteiger partial charge is 0.258 e. The van der Waals surface area contributed by atoms with E-state index < -0.39 is 0 Å². The van der Waals surface area contributed by atoms with Gasteiger partial charge in [0.1, 0.15) is 5.82 Å². The molecule has 96 valence electrons. The van der Waals surface area contributed by atoms with Crippen molar-refractivity contribution in [3.05, 3.63) is 59.9 Å². The quantitative estimate of drug-likeness (QED) is 0.791. The largest absolute Gasteiger partial charge is 0.306 e. The van der Waals surface area contributed by atoms with Crippen LogP contribution < -0.4 is 4.90 Å². The highest BCUT2D eigenvalue weighted by Crippen LogP contribution is 2.35. The fraction of sp³-hybridized carbons (Fsp3) is 0.133. The summed E-state index contributed by atoms with van der Waals surface area (Å²) in [5, 5.41) is 0. The molecule has 1 heterocycles. The second-order valence-electron chi connectivity index (χ2n) is 4.28. The van der Waals surface area contributed by atoms with Crippen LogP contribution in [0.1, 0.15) is 10.4 Å². The van der Waals surface area contributed by atoms with Gasteiger partial charge in [0.25, 0.3) is 5.91 Å². The van der Waals surface area contributed by atoms with Gasteiger partial charge in [0.15, 0.2) is 0 Å². The minimum atomic E-state index is -0.384. The van der Waals surface area contributed by atoms with Crippen LogP contribution in [0.15, 0.2) is 53.4 Å². The maximum atomic E-state index is 13.2. The minimum Gasteiger partial charge on any atom is -0.306 e. The molecule has 19 heavy (non-hydrogen) atoms. The number of fused-ring (bicyclic) bond motifs is 1. The molecule has 0 saturated heterocycles. The van der Waals surface area contributed by atoms with Gasteiger partial charge in [0, 0.05) is 22.8 Å². The molecule has 1 aliphatic rings. The van der Waals surface area contributed by atoms with E-state index in [0.717, 1.165) is 16.3 Å². The number of hydrogen-bond donors (Lipinski definition) is 0. The molecule has 2 nitrogen and oxygen atoms in total. The van der Waals surface area contributed by atoms with Gasteiger partial charge in [-0.25, -0.2) is 4.39 Å². The monoisotopic (exact) mass is 273 g/mol. The predicted octanol–water partition coefficient (Wildman–Crippen LogP) is 3.58. The van der Waals surface area contributed by atoms with E-state index in [-0.39, 0.29) is 11.7 Å². The van der Waals surface area contributed by atoms with Crippen LogP contribution in [0.3, 0.4) is 0 Å². The molecule has 0 radical (unpaired) electrons. The van der Waals surface area contributed by atoms with Crippen molar-refractivity contribution >= 4 is 23.4 Å². The van der Waals surface area contributed by atoms with Crippen LogP contribution in [-0.2, 0) is 0 Å². The maximum absolute atomic E-state index is 13.2. The Morgan fingerprint density at radius 2 is 2.00 bits per heavy atom. The predicted molar refractivity (Wildman–Crippen MR) is 75.2 cm³/mol. The average molecular weight is 273 g/mol. The van der Waals surface area contributed by atoms with Crippen molar-refractivity contribution in [2.24, 2.45) is 0 Å². The van der Waals surface area contributed by atoms with E-state index in [2.05, 4.69) is 0 Å². The van der Waals surface area contributed by atoms with Crippen LogP contribution in [0.4, 0.5) is 10.1 Å². The molecule has 0 unspecified atom stereocenters. The summed E-state index contributed by atoms with van der Waals surface area (Å²) in [5.74, 6) is 0.329. The Hall–Kier alpha value is -1.81. The van der Waals surface area contributed by atoms with Crippen LogP contribution in [0.25, 0.3) is 0 Å². The van der Waals surface area contributed by atoms with Crippen molar-refractivity contribution in [2.45, 2.75) is 4.90 Å². The Morgan fingerprint density at radius 3 is 2.84 bits per heavy atom. The number of hydrogen-bond acceptors (Lipinski definition) is 2. The highest BCUT2D eigenvalue weighted by atomic mass is 32.2. The Kier molecular flexibility index (Phi) is 3.25. The molecule has 0 bridgehead atoms. The molecule has 0 aromatic heterocycles. The summed E-state index contributed by atoms with van der Waals surface area (Å²) in [5.41, 5.74) is 1.30. The number of halogens is 1. The summed E-state index contributed by atoms with van der Waals surface area (Å²) >= 11 is 1.74. The average Bonchev–Trinajstić information content (AvgIpc) is 2.46.